The lowest BCUT2D eigenvalue weighted by Gasteiger charge is -2.70. The number of aliphatic hydroxyl groups excluding tert-OH is 1. The predicted molar refractivity (Wildman–Crippen MR) is 139 cm³/mol. The Balaban J connectivity index is 1.68. The van der Waals surface area contributed by atoms with E-state index in [0.717, 1.165) is 38.5 Å². The summed E-state index contributed by atoms with van der Waals surface area (Å²) >= 11 is 0. The van der Waals surface area contributed by atoms with E-state index in [2.05, 4.69) is 33.8 Å². The second-order valence-electron chi connectivity index (χ2n) is 14.5. The van der Waals surface area contributed by atoms with Crippen LogP contribution in [0.1, 0.15) is 93.4 Å². The van der Waals surface area contributed by atoms with Crippen molar-refractivity contribution in [2.75, 3.05) is 7.11 Å². The van der Waals surface area contributed by atoms with E-state index >= 15 is 0 Å². The highest BCUT2D eigenvalue weighted by molar-refractivity contribution is 5.98. The minimum absolute atomic E-state index is 0.0830. The number of carbonyl (C=O) groups is 2. The van der Waals surface area contributed by atoms with Crippen molar-refractivity contribution in [3.63, 3.8) is 0 Å². The van der Waals surface area contributed by atoms with Gasteiger partial charge in [0, 0.05) is 11.3 Å². The summed E-state index contributed by atoms with van der Waals surface area (Å²) in [6.07, 6.45) is 10.1. The van der Waals surface area contributed by atoms with Crippen molar-refractivity contribution < 1.29 is 24.5 Å². The van der Waals surface area contributed by atoms with E-state index in [4.69, 9.17) is 4.74 Å². The van der Waals surface area contributed by atoms with Gasteiger partial charge in [0.1, 0.15) is 0 Å². The highest BCUT2D eigenvalue weighted by atomic mass is 16.5. The summed E-state index contributed by atoms with van der Waals surface area (Å²) in [6, 6.07) is 0. The molecule has 0 bridgehead atoms. The topological polar surface area (TPSA) is 83.8 Å². The Hall–Kier alpha value is -1.62. The van der Waals surface area contributed by atoms with Crippen molar-refractivity contribution >= 4 is 11.8 Å². The third-order valence-corrected chi connectivity index (χ3v) is 13.0. The van der Waals surface area contributed by atoms with Crippen molar-refractivity contribution in [1.82, 2.24) is 0 Å². The highest BCUT2D eigenvalue weighted by Crippen LogP contribution is 2.75. The second-order valence-corrected chi connectivity index (χ2v) is 14.5. The quantitative estimate of drug-likeness (QED) is 0.334. The van der Waals surface area contributed by atoms with Crippen molar-refractivity contribution in [3.8, 4) is 0 Å². The standard InChI is InChI=1S/C31H46O5/c1-18-11-14-31(25(34)36-8)16-15-28(5)19(23(31)30(18,7)35)9-10-22-27(4)17-20(32)24(33)26(2,3)21(27)12-13-29(22,28)6/h9,17-18,21-23,32,35H,10-16H2,1-8H3/t18-,21+,22-,23-,27+,28-,29-,30-,31+/m1/s1. The number of ether oxygens (including phenoxy) is 1. The lowest BCUT2D eigenvalue weighted by atomic mass is 9.33. The number of hydrogen-bond donors (Lipinski definition) is 2. The fourth-order valence-corrected chi connectivity index (χ4v) is 10.5. The number of rotatable bonds is 1. The molecule has 5 aliphatic rings. The number of methoxy groups -OCH3 is 1. The molecule has 0 radical (unpaired) electrons. The average Bonchev–Trinajstić information content (AvgIpc) is 2.80. The molecule has 0 unspecified atom stereocenters. The number of allylic oxidation sites excluding steroid dienone is 3. The first-order chi connectivity index (χ1) is 16.5. The van der Waals surface area contributed by atoms with Crippen molar-refractivity contribution in [2.45, 2.75) is 99.0 Å². The monoisotopic (exact) mass is 498 g/mol. The number of aliphatic hydroxyl groups is 2. The van der Waals surface area contributed by atoms with Gasteiger partial charge in [-0.3, -0.25) is 9.59 Å². The maximum absolute atomic E-state index is 13.4. The van der Waals surface area contributed by atoms with Gasteiger partial charge >= 0.3 is 5.97 Å². The normalized spacial score (nSPS) is 51.5. The van der Waals surface area contributed by atoms with E-state index in [1.165, 1.54) is 12.7 Å². The van der Waals surface area contributed by atoms with E-state index in [9.17, 15) is 19.8 Å². The van der Waals surface area contributed by atoms with E-state index < -0.39 is 16.4 Å². The lowest BCUT2D eigenvalue weighted by molar-refractivity contribution is -0.201. The third kappa shape index (κ3) is 2.82. The van der Waals surface area contributed by atoms with Gasteiger partial charge in [-0.2, -0.15) is 0 Å². The van der Waals surface area contributed by atoms with Crippen LogP contribution in [0.4, 0.5) is 0 Å². The molecule has 3 fully saturated rings. The Kier molecular flexibility index (Phi) is 5.41. The summed E-state index contributed by atoms with van der Waals surface area (Å²) in [5, 5.41) is 22.8. The summed E-state index contributed by atoms with van der Waals surface area (Å²) in [5.74, 6) is -0.154. The summed E-state index contributed by atoms with van der Waals surface area (Å²) < 4.78 is 5.41. The molecule has 0 saturated heterocycles. The van der Waals surface area contributed by atoms with Crippen LogP contribution < -0.4 is 0 Å². The summed E-state index contributed by atoms with van der Waals surface area (Å²) in [5.41, 5.74) is -1.62. The predicted octanol–water partition coefficient (Wildman–Crippen LogP) is 6.16. The Labute approximate surface area is 216 Å². The molecule has 0 spiro atoms. The van der Waals surface area contributed by atoms with Crippen molar-refractivity contribution in [1.29, 1.82) is 0 Å². The zero-order valence-corrected chi connectivity index (χ0v) is 23.5. The minimum atomic E-state index is -0.998. The molecule has 9 atom stereocenters. The van der Waals surface area contributed by atoms with Gasteiger partial charge in [0.15, 0.2) is 5.76 Å². The molecular weight excluding hydrogens is 452 g/mol. The number of ketones is 1. The first-order valence-electron chi connectivity index (χ1n) is 14.0. The zero-order valence-electron chi connectivity index (χ0n) is 23.5. The molecule has 2 N–H and O–H groups in total. The van der Waals surface area contributed by atoms with E-state index in [-0.39, 0.29) is 57.4 Å². The first kappa shape index (κ1) is 26.0. The van der Waals surface area contributed by atoms with Gasteiger partial charge in [-0.15, -0.1) is 0 Å². The lowest BCUT2D eigenvalue weighted by Crippen LogP contribution is -2.67. The number of hydrogen-bond acceptors (Lipinski definition) is 5. The molecule has 0 heterocycles. The molecule has 3 saturated carbocycles. The molecule has 5 aliphatic carbocycles. The molecule has 0 aliphatic heterocycles. The van der Waals surface area contributed by atoms with Gasteiger partial charge in [-0.25, -0.2) is 0 Å². The Morgan fingerprint density at radius 3 is 2.31 bits per heavy atom. The number of esters is 1. The van der Waals surface area contributed by atoms with Gasteiger partial charge in [-0.1, -0.05) is 53.2 Å². The summed E-state index contributed by atoms with van der Waals surface area (Å²) in [7, 11) is 1.48. The number of fused-ring (bicyclic) bond motifs is 7. The smallest absolute Gasteiger partial charge is 0.312 e. The molecular formula is C31H46O5. The Bertz CT molecular complexity index is 1070. The van der Waals surface area contributed by atoms with Crippen LogP contribution in [-0.2, 0) is 14.3 Å². The SMILES string of the molecule is COC(=O)[C@]12CC[C@@H](C)[C@@](C)(O)[C@H]1C1=CC[C@@H]3[C@@]4(C)C=C(O)C(=O)C(C)(C)[C@@H]4CC[C@@]3(C)[C@]1(C)CC2. The van der Waals surface area contributed by atoms with Crippen LogP contribution in [0, 0.1) is 50.7 Å². The van der Waals surface area contributed by atoms with E-state index in [1.807, 2.05) is 26.8 Å². The van der Waals surface area contributed by atoms with Crippen molar-refractivity contribution in [2.24, 2.45) is 50.7 Å². The largest absolute Gasteiger partial charge is 0.505 e. The summed E-state index contributed by atoms with van der Waals surface area (Å²) in [4.78, 5) is 26.4. The van der Waals surface area contributed by atoms with E-state index in [1.54, 1.807) is 0 Å². The van der Waals surface area contributed by atoms with Crippen LogP contribution in [0.3, 0.4) is 0 Å². The minimum Gasteiger partial charge on any atom is -0.505 e. The van der Waals surface area contributed by atoms with Crippen molar-refractivity contribution in [3.05, 3.63) is 23.5 Å². The summed E-state index contributed by atoms with van der Waals surface area (Å²) in [6.45, 7) is 15.1. The number of carbonyl (C=O) groups excluding carboxylic acids is 2. The second kappa shape index (κ2) is 7.48. The molecule has 200 valence electrons. The highest BCUT2D eigenvalue weighted by Gasteiger charge is 2.71. The molecule has 5 nitrogen and oxygen atoms in total. The Morgan fingerprint density at radius 1 is 1.00 bits per heavy atom. The molecule has 36 heavy (non-hydrogen) atoms. The third-order valence-electron chi connectivity index (χ3n) is 13.0. The average molecular weight is 499 g/mol. The van der Waals surface area contributed by atoms with E-state index in [0.29, 0.717) is 6.42 Å². The molecule has 0 aromatic carbocycles. The molecule has 5 rings (SSSR count). The fraction of sp³-hybridized carbons (Fsp3) is 0.806. The van der Waals surface area contributed by atoms with Crippen LogP contribution in [0.2, 0.25) is 0 Å². The fourth-order valence-electron chi connectivity index (χ4n) is 10.5. The van der Waals surface area contributed by atoms with Crippen LogP contribution in [0.5, 0.6) is 0 Å². The maximum Gasteiger partial charge on any atom is 0.312 e. The van der Waals surface area contributed by atoms with Crippen LogP contribution in [0.25, 0.3) is 0 Å². The molecule has 0 aromatic rings. The van der Waals surface area contributed by atoms with Gasteiger partial charge in [0.2, 0.25) is 5.78 Å². The van der Waals surface area contributed by atoms with Crippen LogP contribution in [-0.4, -0.2) is 34.7 Å². The van der Waals surface area contributed by atoms with Gasteiger partial charge in [0.25, 0.3) is 0 Å². The van der Waals surface area contributed by atoms with Crippen LogP contribution >= 0.6 is 0 Å². The van der Waals surface area contributed by atoms with Gasteiger partial charge < -0.3 is 14.9 Å². The molecule has 0 aromatic heterocycles. The number of Topliss-reactive ketones (excluding diaryl/α,β-unsaturated/α-hetero) is 1. The Morgan fingerprint density at radius 2 is 1.67 bits per heavy atom. The molecule has 0 amide bonds. The van der Waals surface area contributed by atoms with Gasteiger partial charge in [0.05, 0.1) is 18.1 Å². The molecule has 5 heteroatoms. The zero-order chi connectivity index (χ0) is 26.7. The first-order valence-corrected chi connectivity index (χ1v) is 14.0. The van der Waals surface area contributed by atoms with Crippen LogP contribution in [0.15, 0.2) is 23.5 Å². The van der Waals surface area contributed by atoms with Gasteiger partial charge in [-0.05, 0) is 91.9 Å². The maximum atomic E-state index is 13.4.